The molecule has 1 atom stereocenters. The molecule has 1 unspecified atom stereocenters. The topological polar surface area (TPSA) is 24.5 Å². The van der Waals surface area contributed by atoms with E-state index in [1.807, 2.05) is 0 Å². The largest absolute Gasteiger partial charge is 0.383 e. The highest BCUT2D eigenvalue weighted by atomic mass is 16.5. The SMILES string of the molecule is COCCNCC(C)N1CCCCC1. The zero-order valence-electron chi connectivity index (χ0n) is 9.59. The number of likely N-dealkylation sites (tertiary alicyclic amines) is 1. The molecule has 84 valence electrons. The predicted octanol–water partition coefficient (Wildman–Crippen LogP) is 1.10. The smallest absolute Gasteiger partial charge is 0.0587 e. The van der Waals surface area contributed by atoms with Gasteiger partial charge in [-0.25, -0.2) is 0 Å². The van der Waals surface area contributed by atoms with Crippen LogP contribution in [0.5, 0.6) is 0 Å². The van der Waals surface area contributed by atoms with Gasteiger partial charge in [0, 0.05) is 26.2 Å². The highest BCUT2D eigenvalue weighted by Crippen LogP contribution is 2.11. The van der Waals surface area contributed by atoms with Gasteiger partial charge in [0.2, 0.25) is 0 Å². The first-order chi connectivity index (χ1) is 6.84. The number of ether oxygens (including phenoxy) is 1. The lowest BCUT2D eigenvalue weighted by Crippen LogP contribution is -2.43. The maximum atomic E-state index is 4.99. The predicted molar refractivity (Wildman–Crippen MR) is 59.6 cm³/mol. The lowest BCUT2D eigenvalue weighted by atomic mass is 10.1. The highest BCUT2D eigenvalue weighted by Gasteiger charge is 2.15. The fourth-order valence-electron chi connectivity index (χ4n) is 1.97. The Bertz CT molecular complexity index is 135. The molecule has 0 saturated carbocycles. The van der Waals surface area contributed by atoms with Gasteiger partial charge in [0.15, 0.2) is 0 Å². The van der Waals surface area contributed by atoms with Crippen molar-refractivity contribution in [2.24, 2.45) is 0 Å². The molecule has 0 radical (unpaired) electrons. The Morgan fingerprint density at radius 2 is 2.00 bits per heavy atom. The van der Waals surface area contributed by atoms with Crippen LogP contribution in [0.25, 0.3) is 0 Å². The maximum Gasteiger partial charge on any atom is 0.0587 e. The molecule has 0 spiro atoms. The fraction of sp³-hybridized carbons (Fsp3) is 1.00. The molecular weight excluding hydrogens is 176 g/mol. The second-order valence-corrected chi connectivity index (χ2v) is 4.14. The highest BCUT2D eigenvalue weighted by molar-refractivity contribution is 4.72. The minimum atomic E-state index is 0.673. The van der Waals surface area contributed by atoms with Gasteiger partial charge in [0.05, 0.1) is 6.61 Å². The van der Waals surface area contributed by atoms with Crippen molar-refractivity contribution in [3.8, 4) is 0 Å². The third kappa shape index (κ3) is 4.40. The molecule has 0 aromatic carbocycles. The van der Waals surface area contributed by atoms with Crippen LogP contribution < -0.4 is 5.32 Å². The summed E-state index contributed by atoms with van der Waals surface area (Å²) in [7, 11) is 1.75. The molecule has 3 nitrogen and oxygen atoms in total. The van der Waals surface area contributed by atoms with Gasteiger partial charge in [0.1, 0.15) is 0 Å². The van der Waals surface area contributed by atoms with Crippen molar-refractivity contribution in [3.05, 3.63) is 0 Å². The quantitative estimate of drug-likeness (QED) is 0.650. The van der Waals surface area contributed by atoms with Gasteiger partial charge in [-0.3, -0.25) is 4.90 Å². The van der Waals surface area contributed by atoms with Gasteiger partial charge < -0.3 is 10.1 Å². The summed E-state index contributed by atoms with van der Waals surface area (Å²) in [4.78, 5) is 2.59. The van der Waals surface area contributed by atoms with E-state index in [2.05, 4.69) is 17.1 Å². The maximum absolute atomic E-state index is 4.99. The van der Waals surface area contributed by atoms with Crippen LogP contribution in [0.2, 0.25) is 0 Å². The zero-order valence-corrected chi connectivity index (χ0v) is 9.59. The van der Waals surface area contributed by atoms with E-state index in [4.69, 9.17) is 4.74 Å². The van der Waals surface area contributed by atoms with Crippen LogP contribution in [-0.4, -0.2) is 50.8 Å². The standard InChI is InChI=1S/C11H24N2O/c1-11(10-12-6-9-14-2)13-7-4-3-5-8-13/h11-12H,3-10H2,1-2H3. The summed E-state index contributed by atoms with van der Waals surface area (Å²) in [5.74, 6) is 0. The van der Waals surface area contributed by atoms with Crippen molar-refractivity contribution < 1.29 is 4.74 Å². The molecule has 1 aliphatic heterocycles. The molecule has 14 heavy (non-hydrogen) atoms. The lowest BCUT2D eigenvalue weighted by molar-refractivity contribution is 0.162. The summed E-state index contributed by atoms with van der Waals surface area (Å²) in [5, 5.41) is 3.42. The van der Waals surface area contributed by atoms with E-state index in [1.165, 1.54) is 32.4 Å². The number of nitrogens with one attached hydrogen (secondary N) is 1. The van der Waals surface area contributed by atoms with E-state index >= 15 is 0 Å². The first kappa shape index (κ1) is 12.0. The van der Waals surface area contributed by atoms with Gasteiger partial charge in [-0.2, -0.15) is 0 Å². The van der Waals surface area contributed by atoms with Gasteiger partial charge in [-0.15, -0.1) is 0 Å². The second-order valence-electron chi connectivity index (χ2n) is 4.14. The van der Waals surface area contributed by atoms with Crippen LogP contribution in [0.4, 0.5) is 0 Å². The number of methoxy groups -OCH3 is 1. The van der Waals surface area contributed by atoms with Gasteiger partial charge in [-0.1, -0.05) is 6.42 Å². The Balaban J connectivity index is 2.04. The van der Waals surface area contributed by atoms with Crippen LogP contribution in [0.15, 0.2) is 0 Å². The van der Waals surface area contributed by atoms with Crippen molar-refractivity contribution in [2.45, 2.75) is 32.2 Å². The molecule has 1 heterocycles. The second kappa shape index (κ2) is 7.21. The average Bonchev–Trinajstić information content (AvgIpc) is 2.25. The molecule has 0 aliphatic carbocycles. The normalized spacial score (nSPS) is 21.0. The van der Waals surface area contributed by atoms with E-state index < -0.39 is 0 Å². The number of hydrogen-bond acceptors (Lipinski definition) is 3. The molecule has 0 amide bonds. The average molecular weight is 200 g/mol. The molecule has 1 N–H and O–H groups in total. The molecule has 3 heteroatoms. The van der Waals surface area contributed by atoms with Crippen molar-refractivity contribution in [3.63, 3.8) is 0 Å². The molecule has 1 aliphatic rings. The Labute approximate surface area is 87.8 Å². The van der Waals surface area contributed by atoms with Crippen molar-refractivity contribution >= 4 is 0 Å². The molecule has 0 bridgehead atoms. The molecule has 0 aromatic rings. The van der Waals surface area contributed by atoms with E-state index in [9.17, 15) is 0 Å². The summed E-state index contributed by atoms with van der Waals surface area (Å²) in [5.41, 5.74) is 0. The monoisotopic (exact) mass is 200 g/mol. The molecule has 1 fully saturated rings. The molecule has 1 rings (SSSR count). The Morgan fingerprint density at radius 1 is 1.29 bits per heavy atom. The summed E-state index contributed by atoms with van der Waals surface area (Å²) in [6.07, 6.45) is 4.17. The first-order valence-corrected chi connectivity index (χ1v) is 5.78. The van der Waals surface area contributed by atoms with Gasteiger partial charge >= 0.3 is 0 Å². The van der Waals surface area contributed by atoms with E-state index in [0.717, 1.165) is 19.7 Å². The van der Waals surface area contributed by atoms with Gasteiger partial charge in [-0.05, 0) is 32.9 Å². The summed E-state index contributed by atoms with van der Waals surface area (Å²) in [6, 6.07) is 0.673. The Kier molecular flexibility index (Phi) is 6.15. The number of nitrogens with zero attached hydrogens (tertiary/aromatic N) is 1. The first-order valence-electron chi connectivity index (χ1n) is 5.78. The number of rotatable bonds is 6. The van der Waals surface area contributed by atoms with Crippen LogP contribution >= 0.6 is 0 Å². The minimum absolute atomic E-state index is 0.673. The summed E-state index contributed by atoms with van der Waals surface area (Å²) >= 11 is 0. The van der Waals surface area contributed by atoms with E-state index in [0.29, 0.717) is 6.04 Å². The fourth-order valence-corrected chi connectivity index (χ4v) is 1.97. The number of piperidine rings is 1. The van der Waals surface area contributed by atoms with Crippen LogP contribution in [0.1, 0.15) is 26.2 Å². The van der Waals surface area contributed by atoms with Gasteiger partial charge in [0.25, 0.3) is 0 Å². The Hall–Kier alpha value is -0.120. The van der Waals surface area contributed by atoms with Crippen LogP contribution in [-0.2, 0) is 4.74 Å². The van der Waals surface area contributed by atoms with Crippen LogP contribution in [0, 0.1) is 0 Å². The summed E-state index contributed by atoms with van der Waals surface area (Å²) < 4.78 is 4.99. The summed E-state index contributed by atoms with van der Waals surface area (Å²) in [6.45, 7) is 7.75. The van der Waals surface area contributed by atoms with E-state index in [-0.39, 0.29) is 0 Å². The Morgan fingerprint density at radius 3 is 2.64 bits per heavy atom. The third-order valence-corrected chi connectivity index (χ3v) is 2.94. The minimum Gasteiger partial charge on any atom is -0.383 e. The van der Waals surface area contributed by atoms with Crippen molar-refractivity contribution in [1.82, 2.24) is 10.2 Å². The third-order valence-electron chi connectivity index (χ3n) is 2.94. The molecule has 0 aromatic heterocycles. The van der Waals surface area contributed by atoms with Crippen molar-refractivity contribution in [1.29, 1.82) is 0 Å². The zero-order chi connectivity index (χ0) is 10.2. The molecular formula is C11H24N2O. The van der Waals surface area contributed by atoms with Crippen molar-refractivity contribution in [2.75, 3.05) is 39.9 Å². The number of hydrogen-bond donors (Lipinski definition) is 1. The lowest BCUT2D eigenvalue weighted by Gasteiger charge is -2.32. The molecule has 1 saturated heterocycles. The van der Waals surface area contributed by atoms with Crippen LogP contribution in [0.3, 0.4) is 0 Å². The van der Waals surface area contributed by atoms with E-state index in [1.54, 1.807) is 7.11 Å².